The molecule has 0 unspecified atom stereocenters. The summed E-state index contributed by atoms with van der Waals surface area (Å²) in [6, 6.07) is 5.50. The van der Waals surface area contributed by atoms with Crippen LogP contribution in [0, 0.1) is 12.3 Å². The van der Waals surface area contributed by atoms with Crippen LogP contribution in [0.1, 0.15) is 50.0 Å². The summed E-state index contributed by atoms with van der Waals surface area (Å²) in [7, 11) is -3.85. The van der Waals surface area contributed by atoms with Crippen molar-refractivity contribution in [2.45, 2.75) is 47.1 Å². The Morgan fingerprint density at radius 1 is 1.18 bits per heavy atom. The largest absolute Gasteiger partial charge is 0.353 e. The van der Waals surface area contributed by atoms with E-state index in [9.17, 15) is 13.6 Å². The third kappa shape index (κ3) is 4.60. The quantitative estimate of drug-likeness (QED) is 0.711. The number of rotatable bonds is 2. The van der Waals surface area contributed by atoms with E-state index in [-0.39, 0.29) is 23.1 Å². The predicted octanol–water partition coefficient (Wildman–Crippen LogP) is 3.57. The molecule has 3 aliphatic rings. The average Bonchev–Trinajstić information content (AvgIpc) is 2.95. The number of dihydropyridines is 1. The highest BCUT2D eigenvalue weighted by Gasteiger charge is 2.40. The van der Waals surface area contributed by atoms with Gasteiger partial charge in [-0.15, -0.1) is 9.53 Å². The van der Waals surface area contributed by atoms with Crippen LogP contribution in [-0.2, 0) is 9.53 Å². The third-order valence-electron chi connectivity index (χ3n) is 7.07. The van der Waals surface area contributed by atoms with Crippen LogP contribution in [0.5, 0.6) is 0 Å². The zero-order valence-electron chi connectivity index (χ0n) is 20.8. The molecule has 2 fully saturated rings. The van der Waals surface area contributed by atoms with Gasteiger partial charge in [-0.05, 0) is 56.5 Å². The summed E-state index contributed by atoms with van der Waals surface area (Å²) in [4.78, 5) is 22.3. The van der Waals surface area contributed by atoms with Crippen molar-refractivity contribution in [3.05, 3.63) is 41.0 Å². The molecule has 182 valence electrons. The van der Waals surface area contributed by atoms with Crippen LogP contribution in [0.4, 0.5) is 5.69 Å². The van der Waals surface area contributed by atoms with Gasteiger partial charge in [0, 0.05) is 56.0 Å². The van der Waals surface area contributed by atoms with E-state index < -0.39 is 9.53 Å². The minimum atomic E-state index is -3.85. The number of hydrogen-bond acceptors (Lipinski definition) is 4. The van der Waals surface area contributed by atoms with Gasteiger partial charge >= 0.3 is 0 Å². The molecule has 1 aromatic rings. The van der Waals surface area contributed by atoms with Crippen LogP contribution >= 0.6 is 0 Å². The maximum atomic E-state index is 13.3. The summed E-state index contributed by atoms with van der Waals surface area (Å²) in [6.45, 7) is 14.0. The normalized spacial score (nSPS) is 27.4. The molecule has 1 atom stereocenters. The number of aliphatic imine (C=N–C) groups is 1. The Balaban J connectivity index is 1.45. The van der Waals surface area contributed by atoms with E-state index in [1.807, 2.05) is 36.9 Å². The number of anilines is 1. The zero-order chi connectivity index (χ0) is 24.2. The Labute approximate surface area is 197 Å². The highest BCUT2D eigenvalue weighted by molar-refractivity contribution is 8.15. The summed E-state index contributed by atoms with van der Waals surface area (Å²) < 4.78 is 25.5. The Bertz CT molecular complexity index is 1090. The van der Waals surface area contributed by atoms with Crippen LogP contribution in [0.15, 0.2) is 34.8 Å². The van der Waals surface area contributed by atoms with E-state index in [1.165, 1.54) is 11.8 Å². The molecule has 8 heteroatoms. The monoisotopic (exact) mass is 474 g/mol. The minimum Gasteiger partial charge on any atom is -0.353 e. The van der Waals surface area contributed by atoms with Crippen molar-refractivity contribution >= 4 is 27.0 Å². The molecule has 1 aromatic carbocycles. The van der Waals surface area contributed by atoms with Crippen molar-refractivity contribution in [2.24, 2.45) is 10.4 Å². The van der Waals surface area contributed by atoms with E-state index in [1.54, 1.807) is 4.31 Å². The standard InChI is InChI=1S/C25H38N4O3S/c1-18-15-21(29-20(3)9-14-33(29,6,31)32)7-8-22(18)24(30)28-12-10-27(11-13-28)23-19(2)16-25(4,5)17-26-23/h7-8,15-16,20H,9-14,17H2,1-6H3,(H,31,32)/t20-/m1/s1. The molecular weight excluding hydrogens is 436 g/mol. The summed E-state index contributed by atoms with van der Waals surface area (Å²) in [5.41, 5.74) is 3.51. The molecule has 2 saturated heterocycles. The number of benzene rings is 1. The molecule has 33 heavy (non-hydrogen) atoms. The lowest BCUT2D eigenvalue weighted by molar-refractivity contribution is 0.0691. The predicted molar refractivity (Wildman–Crippen MR) is 137 cm³/mol. The van der Waals surface area contributed by atoms with Gasteiger partial charge in [0.25, 0.3) is 5.91 Å². The molecule has 0 aromatic heterocycles. The second kappa shape index (κ2) is 7.94. The fourth-order valence-electron chi connectivity index (χ4n) is 5.41. The summed E-state index contributed by atoms with van der Waals surface area (Å²) in [6.07, 6.45) is 4.42. The van der Waals surface area contributed by atoms with Gasteiger partial charge in [0.05, 0.1) is 11.4 Å². The number of amidine groups is 1. The average molecular weight is 475 g/mol. The Morgan fingerprint density at radius 3 is 2.39 bits per heavy atom. The lowest BCUT2D eigenvalue weighted by atomic mass is 9.88. The first-order chi connectivity index (χ1) is 15.3. The van der Waals surface area contributed by atoms with E-state index >= 15 is 0 Å². The molecule has 7 nitrogen and oxygen atoms in total. The maximum Gasteiger partial charge on any atom is 0.254 e. The van der Waals surface area contributed by atoms with Crippen LogP contribution in [0.25, 0.3) is 0 Å². The van der Waals surface area contributed by atoms with Crippen LogP contribution < -0.4 is 4.31 Å². The molecule has 1 N–H and O–H groups in total. The first kappa shape index (κ1) is 24.0. The van der Waals surface area contributed by atoms with E-state index in [0.29, 0.717) is 30.8 Å². The first-order valence-corrected chi connectivity index (χ1v) is 14.3. The van der Waals surface area contributed by atoms with Crippen molar-refractivity contribution in [1.82, 2.24) is 9.80 Å². The molecule has 3 heterocycles. The molecule has 1 amide bonds. The molecule has 0 aliphatic carbocycles. The third-order valence-corrected chi connectivity index (χ3v) is 9.82. The highest BCUT2D eigenvalue weighted by Crippen LogP contribution is 2.40. The molecule has 0 bridgehead atoms. The summed E-state index contributed by atoms with van der Waals surface area (Å²) >= 11 is 0. The van der Waals surface area contributed by atoms with Crippen LogP contribution in [-0.4, -0.2) is 81.1 Å². The molecule has 4 rings (SSSR count). The number of nitrogens with zero attached hydrogens (tertiary/aromatic N) is 4. The van der Waals surface area contributed by atoms with Crippen LogP contribution in [0.3, 0.4) is 0 Å². The highest BCUT2D eigenvalue weighted by atomic mass is 32.3. The van der Waals surface area contributed by atoms with E-state index in [0.717, 1.165) is 31.0 Å². The smallest absolute Gasteiger partial charge is 0.254 e. The lowest BCUT2D eigenvalue weighted by Gasteiger charge is -2.46. The first-order valence-electron chi connectivity index (χ1n) is 11.8. The number of carbonyl (C=O) groups is 1. The maximum absolute atomic E-state index is 13.3. The van der Waals surface area contributed by atoms with E-state index in [4.69, 9.17) is 4.99 Å². The van der Waals surface area contributed by atoms with Crippen LogP contribution in [0.2, 0.25) is 0 Å². The molecular formula is C25H38N4O3S. The van der Waals surface area contributed by atoms with Gasteiger partial charge in [0.15, 0.2) is 0 Å². The van der Waals surface area contributed by atoms with Gasteiger partial charge in [0.1, 0.15) is 5.84 Å². The Kier molecular flexibility index (Phi) is 5.77. The van der Waals surface area contributed by atoms with Gasteiger partial charge in [0.2, 0.25) is 0 Å². The van der Waals surface area contributed by atoms with Gasteiger partial charge in [-0.2, -0.15) is 4.21 Å². The molecule has 0 radical (unpaired) electrons. The Hall–Kier alpha value is -2.19. The summed E-state index contributed by atoms with van der Waals surface area (Å²) in [5.74, 6) is 1.36. The van der Waals surface area contributed by atoms with Gasteiger partial charge in [-0.3, -0.25) is 18.6 Å². The fraction of sp³-hybridized carbons (Fsp3) is 0.600. The van der Waals surface area contributed by atoms with Crippen molar-refractivity contribution in [2.75, 3.05) is 49.0 Å². The summed E-state index contributed by atoms with van der Waals surface area (Å²) in [5, 5.41) is 0. The second-order valence-electron chi connectivity index (χ2n) is 10.8. The Morgan fingerprint density at radius 2 is 1.85 bits per heavy atom. The van der Waals surface area contributed by atoms with Crippen molar-refractivity contribution in [1.29, 1.82) is 0 Å². The number of amides is 1. The van der Waals surface area contributed by atoms with Gasteiger partial charge < -0.3 is 9.80 Å². The van der Waals surface area contributed by atoms with Crippen molar-refractivity contribution in [3.8, 4) is 0 Å². The van der Waals surface area contributed by atoms with Crippen molar-refractivity contribution in [3.63, 3.8) is 0 Å². The SMILES string of the molecule is CC1=CC(C)(C)CN=C1N1CCN(C(=O)c2ccc(N3[C@H](C)CCS3(C)(=O)O)cc2C)CC1. The number of hydrogen-bond donors (Lipinski definition) is 1. The van der Waals surface area contributed by atoms with Crippen molar-refractivity contribution < 1.29 is 13.6 Å². The molecule has 0 saturated carbocycles. The topological polar surface area (TPSA) is 76.5 Å². The van der Waals surface area contributed by atoms with Gasteiger partial charge in [-0.1, -0.05) is 19.9 Å². The zero-order valence-corrected chi connectivity index (χ0v) is 21.6. The van der Waals surface area contributed by atoms with Gasteiger partial charge in [-0.25, -0.2) is 0 Å². The molecule has 3 aliphatic heterocycles. The minimum absolute atomic E-state index is 0.0145. The number of carbonyl (C=O) groups excluding carboxylic acids is 1. The van der Waals surface area contributed by atoms with E-state index in [2.05, 4.69) is 31.7 Å². The lowest BCUT2D eigenvalue weighted by Crippen LogP contribution is -2.51. The molecule has 0 spiro atoms. The fourth-order valence-corrected chi connectivity index (χ4v) is 8.17. The number of piperazine rings is 1. The second-order valence-corrected chi connectivity index (χ2v) is 14.5. The number of aryl methyl sites for hydroxylation is 1.